The number of nitrogens with zero attached hydrogens (tertiary/aromatic N) is 2. The molecule has 2 aromatic carbocycles. The van der Waals surface area contributed by atoms with Gasteiger partial charge in [-0.25, -0.2) is 13.1 Å². The van der Waals surface area contributed by atoms with Crippen LogP contribution in [-0.2, 0) is 16.4 Å². The molecule has 168 valence electrons. The molecule has 0 unspecified atom stereocenters. The zero-order valence-corrected chi connectivity index (χ0v) is 19.2. The number of anilines is 1. The van der Waals surface area contributed by atoms with E-state index in [0.717, 1.165) is 38.9 Å². The fourth-order valence-corrected chi connectivity index (χ4v) is 5.76. The lowest BCUT2D eigenvalue weighted by Gasteiger charge is -2.29. The van der Waals surface area contributed by atoms with Gasteiger partial charge in [-0.05, 0) is 61.7 Å². The van der Waals surface area contributed by atoms with Crippen LogP contribution in [0.4, 0.5) is 5.69 Å². The summed E-state index contributed by atoms with van der Waals surface area (Å²) in [6.07, 6.45) is 3.31. The SMILES string of the molecule is COc1ccc(S(=O)(=O)NC[C@H](c2ccc3c(c2)CCN3C)N2CCCC2)c(OC)c1. The minimum atomic E-state index is -3.75. The van der Waals surface area contributed by atoms with E-state index in [1.807, 2.05) is 0 Å². The summed E-state index contributed by atoms with van der Waals surface area (Å²) >= 11 is 0. The summed E-state index contributed by atoms with van der Waals surface area (Å²) in [5.41, 5.74) is 3.77. The van der Waals surface area contributed by atoms with E-state index in [1.54, 1.807) is 12.1 Å². The molecule has 0 aromatic heterocycles. The first-order valence-electron chi connectivity index (χ1n) is 10.7. The third kappa shape index (κ3) is 4.51. The highest BCUT2D eigenvalue weighted by atomic mass is 32.2. The molecule has 8 heteroatoms. The van der Waals surface area contributed by atoms with Crippen molar-refractivity contribution in [2.24, 2.45) is 0 Å². The minimum Gasteiger partial charge on any atom is -0.497 e. The highest BCUT2D eigenvalue weighted by molar-refractivity contribution is 7.89. The van der Waals surface area contributed by atoms with Gasteiger partial charge in [0.2, 0.25) is 10.0 Å². The van der Waals surface area contributed by atoms with Crippen LogP contribution in [0.25, 0.3) is 0 Å². The number of benzene rings is 2. The average Bonchev–Trinajstić information content (AvgIpc) is 3.43. The van der Waals surface area contributed by atoms with Crippen LogP contribution in [0.15, 0.2) is 41.3 Å². The summed E-state index contributed by atoms with van der Waals surface area (Å²) < 4.78 is 39.6. The van der Waals surface area contributed by atoms with Crippen LogP contribution in [0, 0.1) is 0 Å². The summed E-state index contributed by atoms with van der Waals surface area (Å²) in [6, 6.07) is 11.3. The number of sulfonamides is 1. The Bertz CT molecular complexity index is 1040. The van der Waals surface area contributed by atoms with Gasteiger partial charge in [0.1, 0.15) is 16.4 Å². The number of likely N-dealkylation sites (tertiary alicyclic amines) is 1. The van der Waals surface area contributed by atoms with Crippen LogP contribution in [0.5, 0.6) is 11.5 Å². The van der Waals surface area contributed by atoms with E-state index < -0.39 is 10.0 Å². The second-order valence-electron chi connectivity index (χ2n) is 8.19. The zero-order chi connectivity index (χ0) is 22.0. The second kappa shape index (κ2) is 9.06. The van der Waals surface area contributed by atoms with E-state index in [-0.39, 0.29) is 16.7 Å². The Morgan fingerprint density at radius 1 is 1.03 bits per heavy atom. The molecule has 1 atom stereocenters. The number of ether oxygens (including phenoxy) is 2. The molecule has 31 heavy (non-hydrogen) atoms. The van der Waals surface area contributed by atoms with Crippen LogP contribution in [0.3, 0.4) is 0 Å². The Balaban J connectivity index is 1.58. The first kappa shape index (κ1) is 21.9. The first-order valence-corrected chi connectivity index (χ1v) is 12.2. The maximum atomic E-state index is 13.1. The van der Waals surface area contributed by atoms with Gasteiger partial charge in [-0.15, -0.1) is 0 Å². The highest BCUT2D eigenvalue weighted by Crippen LogP contribution is 2.33. The molecule has 1 saturated heterocycles. The van der Waals surface area contributed by atoms with Crippen LogP contribution >= 0.6 is 0 Å². The molecule has 0 amide bonds. The Kier molecular flexibility index (Phi) is 6.41. The van der Waals surface area contributed by atoms with Crippen molar-refractivity contribution >= 4 is 15.7 Å². The maximum Gasteiger partial charge on any atom is 0.244 e. The lowest BCUT2D eigenvalue weighted by atomic mass is 10.0. The first-order chi connectivity index (χ1) is 14.9. The van der Waals surface area contributed by atoms with E-state index in [4.69, 9.17) is 9.47 Å². The molecule has 0 radical (unpaired) electrons. The third-order valence-electron chi connectivity index (χ3n) is 6.32. The molecule has 0 saturated carbocycles. The van der Waals surface area contributed by atoms with Gasteiger partial charge in [-0.1, -0.05) is 12.1 Å². The normalized spacial score (nSPS) is 17.6. The average molecular weight is 446 g/mol. The minimum absolute atomic E-state index is 0.00211. The smallest absolute Gasteiger partial charge is 0.244 e. The monoisotopic (exact) mass is 445 g/mol. The van der Waals surface area contributed by atoms with E-state index in [0.29, 0.717) is 12.3 Å². The number of likely N-dealkylation sites (N-methyl/N-ethyl adjacent to an activating group) is 1. The van der Waals surface area contributed by atoms with Crippen molar-refractivity contribution in [3.8, 4) is 11.5 Å². The Morgan fingerprint density at radius 2 is 1.81 bits per heavy atom. The van der Waals surface area contributed by atoms with Gasteiger partial charge >= 0.3 is 0 Å². The Hall–Kier alpha value is -2.29. The Labute approximate surface area is 185 Å². The van der Waals surface area contributed by atoms with Crippen molar-refractivity contribution in [3.05, 3.63) is 47.5 Å². The van der Waals surface area contributed by atoms with Crippen LogP contribution < -0.4 is 19.1 Å². The lowest BCUT2D eigenvalue weighted by molar-refractivity contribution is 0.246. The van der Waals surface area contributed by atoms with Gasteiger partial charge in [0.05, 0.1) is 14.2 Å². The molecule has 2 aliphatic heterocycles. The fraction of sp³-hybridized carbons (Fsp3) is 0.478. The molecule has 4 rings (SSSR count). The van der Waals surface area contributed by atoms with E-state index >= 15 is 0 Å². The molecule has 1 fully saturated rings. The van der Waals surface area contributed by atoms with Crippen LogP contribution in [0.1, 0.15) is 30.0 Å². The molecule has 0 spiro atoms. The molecule has 1 N–H and O–H groups in total. The van der Waals surface area contributed by atoms with Gasteiger partial charge in [0.25, 0.3) is 0 Å². The molecule has 2 aliphatic rings. The predicted octanol–water partition coefficient (Wildman–Crippen LogP) is 2.81. The van der Waals surface area contributed by atoms with Gasteiger partial charge in [-0.3, -0.25) is 4.90 Å². The number of hydrogen-bond acceptors (Lipinski definition) is 6. The number of hydrogen-bond donors (Lipinski definition) is 1. The summed E-state index contributed by atoms with van der Waals surface area (Å²) in [5.74, 6) is 0.819. The standard InChI is InChI=1S/C23H31N3O4S/c1-25-13-10-18-14-17(6-8-20(18)25)21(26-11-4-5-12-26)16-24-31(27,28)23-9-7-19(29-2)15-22(23)30-3/h6-9,14-15,21,24H,4-5,10-13,16H2,1-3H3/t21-/m1/s1. The van der Waals surface area contributed by atoms with Crippen molar-refractivity contribution in [1.29, 1.82) is 0 Å². The third-order valence-corrected chi connectivity index (χ3v) is 7.79. The summed E-state index contributed by atoms with van der Waals surface area (Å²) in [4.78, 5) is 4.77. The van der Waals surface area contributed by atoms with Crippen molar-refractivity contribution in [3.63, 3.8) is 0 Å². The van der Waals surface area contributed by atoms with E-state index in [2.05, 4.69) is 39.8 Å². The van der Waals surface area contributed by atoms with Gasteiger partial charge < -0.3 is 14.4 Å². The Morgan fingerprint density at radius 3 is 2.52 bits per heavy atom. The van der Waals surface area contributed by atoms with E-state index in [1.165, 1.54) is 37.1 Å². The van der Waals surface area contributed by atoms with Gasteiger partial charge in [0.15, 0.2) is 0 Å². The van der Waals surface area contributed by atoms with Crippen LogP contribution in [-0.4, -0.2) is 60.8 Å². The summed E-state index contributed by atoms with van der Waals surface area (Å²) in [7, 11) is 1.36. The molecule has 2 aromatic rings. The highest BCUT2D eigenvalue weighted by Gasteiger charge is 2.28. The van der Waals surface area contributed by atoms with Crippen LogP contribution in [0.2, 0.25) is 0 Å². The van der Waals surface area contributed by atoms with Gasteiger partial charge in [-0.2, -0.15) is 0 Å². The van der Waals surface area contributed by atoms with Crippen molar-refractivity contribution < 1.29 is 17.9 Å². The molecule has 7 nitrogen and oxygen atoms in total. The maximum absolute atomic E-state index is 13.1. The second-order valence-corrected chi connectivity index (χ2v) is 9.92. The number of methoxy groups -OCH3 is 2. The number of nitrogens with one attached hydrogen (secondary N) is 1. The number of rotatable bonds is 8. The van der Waals surface area contributed by atoms with Crippen molar-refractivity contribution in [1.82, 2.24) is 9.62 Å². The zero-order valence-electron chi connectivity index (χ0n) is 18.4. The molecule has 0 aliphatic carbocycles. The molecule has 2 heterocycles. The predicted molar refractivity (Wildman–Crippen MR) is 122 cm³/mol. The summed E-state index contributed by atoms with van der Waals surface area (Å²) in [6.45, 7) is 3.30. The van der Waals surface area contributed by atoms with Crippen molar-refractivity contribution in [2.45, 2.75) is 30.2 Å². The quantitative estimate of drug-likeness (QED) is 0.674. The molecule has 0 bridgehead atoms. The molecular weight excluding hydrogens is 414 g/mol. The lowest BCUT2D eigenvalue weighted by Crippen LogP contribution is -2.37. The fourth-order valence-electron chi connectivity index (χ4n) is 4.57. The summed E-state index contributed by atoms with van der Waals surface area (Å²) in [5, 5.41) is 0. The van der Waals surface area contributed by atoms with E-state index in [9.17, 15) is 8.42 Å². The number of fused-ring (bicyclic) bond motifs is 1. The van der Waals surface area contributed by atoms with Crippen molar-refractivity contribution in [2.75, 3.05) is 52.3 Å². The van der Waals surface area contributed by atoms with Gasteiger partial charge in [0, 0.05) is 37.9 Å². The topological polar surface area (TPSA) is 71.1 Å². The molecular formula is C23H31N3O4S. The largest absolute Gasteiger partial charge is 0.497 e.